The average molecular weight is 202 g/mol. The maximum atomic E-state index is 10.6. The first-order chi connectivity index (χ1) is 6.50. The Morgan fingerprint density at radius 3 is 2.57 bits per heavy atom. The Hall–Kier alpha value is -1.14. The highest BCUT2D eigenvalue weighted by atomic mass is 16.4. The van der Waals surface area contributed by atoms with E-state index in [1.807, 2.05) is 0 Å². The average Bonchev–Trinajstić information content (AvgIpc) is 2.52. The number of aliphatic carboxylic acids is 2. The topological polar surface area (TPSA) is 98.7 Å². The molecule has 0 amide bonds. The van der Waals surface area contributed by atoms with Crippen molar-refractivity contribution in [2.45, 2.75) is 31.5 Å². The summed E-state index contributed by atoms with van der Waals surface area (Å²) in [5.74, 6) is -1.82. The van der Waals surface area contributed by atoms with Crippen LogP contribution in [0.1, 0.15) is 13.3 Å². The van der Waals surface area contributed by atoms with Crippen LogP contribution in [0.15, 0.2) is 0 Å². The van der Waals surface area contributed by atoms with Gasteiger partial charge in [0.25, 0.3) is 0 Å². The van der Waals surface area contributed by atoms with Crippen molar-refractivity contribution in [1.82, 2.24) is 10.6 Å². The third-order valence-corrected chi connectivity index (χ3v) is 2.29. The van der Waals surface area contributed by atoms with Gasteiger partial charge in [-0.25, -0.2) is 0 Å². The van der Waals surface area contributed by atoms with Crippen LogP contribution in [0.25, 0.3) is 0 Å². The molecular weight excluding hydrogens is 188 g/mol. The van der Waals surface area contributed by atoms with Gasteiger partial charge in [-0.2, -0.15) is 0 Å². The fraction of sp³-hybridized carbons (Fsp3) is 0.750. The molecule has 0 aromatic carbocycles. The fourth-order valence-electron chi connectivity index (χ4n) is 1.48. The van der Waals surface area contributed by atoms with Crippen LogP contribution in [0, 0.1) is 0 Å². The zero-order valence-electron chi connectivity index (χ0n) is 7.86. The van der Waals surface area contributed by atoms with Crippen LogP contribution in [0.2, 0.25) is 0 Å². The SMILES string of the molecule is C[C@H](NC1CN[C@H](C(=O)O)C1)C(=O)O. The molecule has 0 aromatic rings. The van der Waals surface area contributed by atoms with Gasteiger partial charge in [-0.15, -0.1) is 0 Å². The Labute approximate surface area is 81.3 Å². The van der Waals surface area contributed by atoms with Gasteiger partial charge in [-0.3, -0.25) is 9.59 Å². The Kier molecular flexibility index (Phi) is 3.43. The maximum absolute atomic E-state index is 10.6. The minimum absolute atomic E-state index is 0.0813. The number of carbonyl (C=O) groups is 2. The van der Waals surface area contributed by atoms with E-state index in [9.17, 15) is 9.59 Å². The molecule has 4 N–H and O–H groups in total. The van der Waals surface area contributed by atoms with Gasteiger partial charge in [0, 0.05) is 12.6 Å². The minimum Gasteiger partial charge on any atom is -0.480 e. The van der Waals surface area contributed by atoms with Crippen LogP contribution in [0.3, 0.4) is 0 Å². The van der Waals surface area contributed by atoms with E-state index in [0.717, 1.165) is 0 Å². The summed E-state index contributed by atoms with van der Waals surface area (Å²) >= 11 is 0. The highest BCUT2D eigenvalue weighted by molar-refractivity contribution is 5.74. The van der Waals surface area contributed by atoms with Crippen LogP contribution in [0.5, 0.6) is 0 Å². The van der Waals surface area contributed by atoms with Crippen LogP contribution >= 0.6 is 0 Å². The molecule has 80 valence electrons. The molecule has 1 fully saturated rings. The molecule has 0 aliphatic carbocycles. The molecule has 0 aromatic heterocycles. The highest BCUT2D eigenvalue weighted by Crippen LogP contribution is 2.07. The zero-order chi connectivity index (χ0) is 10.7. The zero-order valence-corrected chi connectivity index (χ0v) is 7.86. The van der Waals surface area contributed by atoms with Gasteiger partial charge in [-0.1, -0.05) is 0 Å². The van der Waals surface area contributed by atoms with Crippen LogP contribution in [-0.4, -0.2) is 46.8 Å². The lowest BCUT2D eigenvalue weighted by atomic mass is 10.1. The first-order valence-corrected chi connectivity index (χ1v) is 4.45. The van der Waals surface area contributed by atoms with E-state index in [2.05, 4.69) is 10.6 Å². The molecule has 1 aliphatic rings. The van der Waals surface area contributed by atoms with Crippen molar-refractivity contribution in [2.75, 3.05) is 6.54 Å². The smallest absolute Gasteiger partial charge is 0.320 e. The van der Waals surface area contributed by atoms with Gasteiger partial charge in [0.15, 0.2) is 0 Å². The molecule has 1 heterocycles. The lowest BCUT2D eigenvalue weighted by Crippen LogP contribution is -2.42. The number of rotatable bonds is 4. The monoisotopic (exact) mass is 202 g/mol. The molecule has 1 aliphatic heterocycles. The molecule has 3 atom stereocenters. The molecule has 0 bridgehead atoms. The quantitative estimate of drug-likeness (QED) is 0.460. The van der Waals surface area contributed by atoms with Crippen molar-refractivity contribution in [3.8, 4) is 0 Å². The molecule has 6 nitrogen and oxygen atoms in total. The molecule has 1 unspecified atom stereocenters. The van der Waals surface area contributed by atoms with E-state index >= 15 is 0 Å². The molecule has 0 saturated carbocycles. The second kappa shape index (κ2) is 4.39. The fourth-order valence-corrected chi connectivity index (χ4v) is 1.48. The molecular formula is C8H14N2O4. The second-order valence-corrected chi connectivity index (χ2v) is 3.46. The molecule has 14 heavy (non-hydrogen) atoms. The normalized spacial score (nSPS) is 28.6. The Bertz CT molecular complexity index is 243. The third-order valence-electron chi connectivity index (χ3n) is 2.29. The van der Waals surface area contributed by atoms with Gasteiger partial charge >= 0.3 is 11.9 Å². The maximum Gasteiger partial charge on any atom is 0.320 e. The van der Waals surface area contributed by atoms with Crippen LogP contribution < -0.4 is 10.6 Å². The standard InChI is InChI=1S/C8H14N2O4/c1-4(7(11)12)10-5-2-6(8(13)14)9-3-5/h4-6,9-10H,2-3H2,1H3,(H,11,12)(H,13,14)/t4-,5?,6-/m0/s1. The summed E-state index contributed by atoms with van der Waals surface area (Å²) in [5, 5.41) is 22.9. The summed E-state index contributed by atoms with van der Waals surface area (Å²) in [6.45, 7) is 2.03. The number of hydrogen-bond acceptors (Lipinski definition) is 4. The largest absolute Gasteiger partial charge is 0.480 e. The van der Waals surface area contributed by atoms with Crippen molar-refractivity contribution < 1.29 is 19.8 Å². The van der Waals surface area contributed by atoms with Gasteiger partial charge in [0.1, 0.15) is 12.1 Å². The molecule has 0 radical (unpaired) electrons. The summed E-state index contributed by atoms with van der Waals surface area (Å²) in [5.41, 5.74) is 0. The number of hydrogen-bond donors (Lipinski definition) is 4. The van der Waals surface area contributed by atoms with Crippen LogP contribution in [-0.2, 0) is 9.59 Å². The number of carboxylic acid groups (broad SMARTS) is 2. The Balaban J connectivity index is 2.36. The van der Waals surface area contributed by atoms with E-state index in [1.165, 1.54) is 6.92 Å². The first-order valence-electron chi connectivity index (χ1n) is 4.45. The van der Waals surface area contributed by atoms with Crippen molar-refractivity contribution in [3.05, 3.63) is 0 Å². The minimum atomic E-state index is -0.927. The van der Waals surface area contributed by atoms with E-state index < -0.39 is 24.0 Å². The van der Waals surface area contributed by atoms with E-state index in [4.69, 9.17) is 10.2 Å². The van der Waals surface area contributed by atoms with E-state index in [-0.39, 0.29) is 6.04 Å². The van der Waals surface area contributed by atoms with Gasteiger partial charge < -0.3 is 20.8 Å². The van der Waals surface area contributed by atoms with Crippen LogP contribution in [0.4, 0.5) is 0 Å². The van der Waals surface area contributed by atoms with E-state index in [0.29, 0.717) is 13.0 Å². The Morgan fingerprint density at radius 1 is 1.50 bits per heavy atom. The van der Waals surface area contributed by atoms with Crippen molar-refractivity contribution in [3.63, 3.8) is 0 Å². The predicted molar refractivity (Wildman–Crippen MR) is 48.1 cm³/mol. The lowest BCUT2D eigenvalue weighted by Gasteiger charge is -2.14. The van der Waals surface area contributed by atoms with Crippen molar-refractivity contribution >= 4 is 11.9 Å². The Morgan fingerprint density at radius 2 is 2.14 bits per heavy atom. The highest BCUT2D eigenvalue weighted by Gasteiger charge is 2.30. The summed E-state index contributed by atoms with van der Waals surface area (Å²) in [6.07, 6.45) is 0.424. The molecule has 0 spiro atoms. The molecule has 6 heteroatoms. The predicted octanol–water partition coefficient (Wildman–Crippen LogP) is -1.14. The number of nitrogens with one attached hydrogen (secondary N) is 2. The van der Waals surface area contributed by atoms with Gasteiger partial charge in [0.05, 0.1) is 0 Å². The molecule has 1 rings (SSSR count). The van der Waals surface area contributed by atoms with Gasteiger partial charge in [-0.05, 0) is 13.3 Å². The van der Waals surface area contributed by atoms with Crippen molar-refractivity contribution in [2.24, 2.45) is 0 Å². The number of carboxylic acids is 2. The van der Waals surface area contributed by atoms with E-state index in [1.54, 1.807) is 0 Å². The first kappa shape index (κ1) is 10.9. The summed E-state index contributed by atoms with van der Waals surface area (Å²) < 4.78 is 0. The third kappa shape index (κ3) is 2.68. The second-order valence-electron chi connectivity index (χ2n) is 3.46. The summed E-state index contributed by atoms with van der Waals surface area (Å²) in [4.78, 5) is 21.1. The van der Waals surface area contributed by atoms with Crippen molar-refractivity contribution in [1.29, 1.82) is 0 Å². The molecule has 1 saturated heterocycles. The lowest BCUT2D eigenvalue weighted by molar-refractivity contribution is -0.139. The summed E-state index contributed by atoms with van der Waals surface area (Å²) in [6, 6.07) is -1.29. The van der Waals surface area contributed by atoms with Gasteiger partial charge in [0.2, 0.25) is 0 Å². The summed E-state index contributed by atoms with van der Waals surface area (Å²) in [7, 11) is 0.